The first-order chi connectivity index (χ1) is 22.6. The van der Waals surface area contributed by atoms with Crippen molar-refractivity contribution in [3.05, 3.63) is 84.2 Å². The number of aromatic nitrogens is 2. The number of nitrogens with zero attached hydrogens (tertiary/aromatic N) is 4. The highest BCUT2D eigenvalue weighted by Crippen LogP contribution is 2.29. The van der Waals surface area contributed by atoms with Crippen molar-refractivity contribution < 1.29 is 0 Å². The fourth-order valence-corrected chi connectivity index (χ4v) is 8.64. The summed E-state index contributed by atoms with van der Waals surface area (Å²) in [5, 5.41) is 10.8. The number of benzene rings is 2. The van der Waals surface area contributed by atoms with Crippen LogP contribution in [0.5, 0.6) is 0 Å². The van der Waals surface area contributed by atoms with Crippen molar-refractivity contribution in [3.8, 4) is 0 Å². The van der Waals surface area contributed by atoms with Crippen molar-refractivity contribution in [1.29, 1.82) is 0 Å². The monoisotopic (exact) mass is 618 g/mol. The Balaban J connectivity index is 1.13. The van der Waals surface area contributed by atoms with E-state index in [1.54, 1.807) is 0 Å². The van der Waals surface area contributed by atoms with Gasteiger partial charge in [0.25, 0.3) is 0 Å². The van der Waals surface area contributed by atoms with E-state index in [9.17, 15) is 0 Å². The van der Waals surface area contributed by atoms with Gasteiger partial charge in [-0.15, -0.1) is 0 Å². The molecular formula is C40H54N6. The van der Waals surface area contributed by atoms with Crippen LogP contribution in [0.15, 0.2) is 72.8 Å². The van der Waals surface area contributed by atoms with Gasteiger partial charge in [0.05, 0.1) is 22.4 Å². The minimum atomic E-state index is 0.468. The zero-order valence-corrected chi connectivity index (χ0v) is 28.1. The van der Waals surface area contributed by atoms with E-state index in [1.165, 1.54) is 73.5 Å². The minimum absolute atomic E-state index is 0.468. The van der Waals surface area contributed by atoms with Crippen molar-refractivity contribution in [2.45, 2.75) is 127 Å². The smallest absolute Gasteiger partial charge is 0.0705 e. The number of nitrogens with one attached hydrogen (secondary N) is 2. The summed E-state index contributed by atoms with van der Waals surface area (Å²) >= 11 is 0. The van der Waals surface area contributed by atoms with Crippen LogP contribution >= 0.6 is 0 Å². The Morgan fingerprint density at radius 2 is 0.978 bits per heavy atom. The molecule has 244 valence electrons. The van der Waals surface area contributed by atoms with Crippen molar-refractivity contribution in [3.63, 3.8) is 0 Å². The lowest BCUT2D eigenvalue weighted by atomic mass is 9.86. The first kappa shape index (κ1) is 31.7. The van der Waals surface area contributed by atoms with E-state index in [-0.39, 0.29) is 0 Å². The molecule has 2 saturated carbocycles. The average molecular weight is 619 g/mol. The lowest BCUT2D eigenvalue weighted by Gasteiger charge is -2.44. The molecule has 6 heteroatoms. The third kappa shape index (κ3) is 7.62. The highest BCUT2D eigenvalue weighted by atomic mass is 15.2. The molecule has 3 fully saturated rings. The number of para-hydroxylation sites is 2. The molecule has 0 bridgehead atoms. The van der Waals surface area contributed by atoms with E-state index in [4.69, 9.17) is 9.97 Å². The molecule has 6 unspecified atom stereocenters. The fourth-order valence-electron chi connectivity index (χ4n) is 8.64. The van der Waals surface area contributed by atoms with E-state index >= 15 is 0 Å². The Morgan fingerprint density at radius 3 is 1.46 bits per heavy atom. The Hall–Kier alpha value is -2.90. The molecule has 2 aliphatic carbocycles. The molecule has 0 radical (unpaired) electrons. The van der Waals surface area contributed by atoms with Crippen LogP contribution < -0.4 is 10.6 Å². The predicted octanol–water partition coefficient (Wildman–Crippen LogP) is 7.46. The third-order valence-electron chi connectivity index (χ3n) is 11.1. The van der Waals surface area contributed by atoms with Gasteiger partial charge in [-0.05, 0) is 76.6 Å². The molecule has 2 aromatic heterocycles. The van der Waals surface area contributed by atoms with E-state index in [1.807, 2.05) is 0 Å². The molecule has 2 N–H and O–H groups in total. The third-order valence-corrected chi connectivity index (χ3v) is 11.1. The minimum Gasteiger partial charge on any atom is -0.310 e. The summed E-state index contributed by atoms with van der Waals surface area (Å²) in [4.78, 5) is 15.8. The summed E-state index contributed by atoms with van der Waals surface area (Å²) in [5.74, 6) is 0. The maximum atomic E-state index is 5.12. The molecule has 7 rings (SSSR count). The molecule has 0 spiro atoms. The van der Waals surface area contributed by atoms with Crippen LogP contribution in [-0.4, -0.2) is 69.1 Å². The highest BCUT2D eigenvalue weighted by Gasteiger charge is 2.34. The van der Waals surface area contributed by atoms with Gasteiger partial charge in [-0.25, -0.2) is 0 Å². The predicted molar refractivity (Wildman–Crippen MR) is 191 cm³/mol. The Labute approximate surface area is 276 Å². The second-order valence-electron chi connectivity index (χ2n) is 14.6. The summed E-state index contributed by atoms with van der Waals surface area (Å²) in [5.41, 5.74) is 4.61. The van der Waals surface area contributed by atoms with Gasteiger partial charge < -0.3 is 10.6 Å². The molecule has 3 heterocycles. The van der Waals surface area contributed by atoms with Gasteiger partial charge in [-0.3, -0.25) is 19.8 Å². The summed E-state index contributed by atoms with van der Waals surface area (Å²) in [6.07, 6.45) is 12.7. The lowest BCUT2D eigenvalue weighted by molar-refractivity contribution is 0.0801. The largest absolute Gasteiger partial charge is 0.310 e. The molecule has 4 aromatic rings. The topological polar surface area (TPSA) is 56.3 Å². The Bertz CT molecular complexity index is 1450. The molecular weight excluding hydrogens is 564 g/mol. The maximum absolute atomic E-state index is 5.12. The van der Waals surface area contributed by atoms with Gasteiger partial charge >= 0.3 is 0 Å². The molecule has 0 amide bonds. The van der Waals surface area contributed by atoms with Crippen LogP contribution in [0.2, 0.25) is 0 Å². The maximum Gasteiger partial charge on any atom is 0.0705 e. The van der Waals surface area contributed by atoms with Crippen LogP contribution in [-0.2, 0) is 13.1 Å². The first-order valence-electron chi connectivity index (χ1n) is 18.3. The highest BCUT2D eigenvalue weighted by molar-refractivity contribution is 5.79. The summed E-state index contributed by atoms with van der Waals surface area (Å²) in [6.45, 7) is 8.90. The first-order valence-corrected chi connectivity index (χ1v) is 18.3. The van der Waals surface area contributed by atoms with Crippen molar-refractivity contribution in [2.24, 2.45) is 0 Å². The molecule has 6 nitrogen and oxygen atoms in total. The Kier molecular flexibility index (Phi) is 10.3. The lowest BCUT2D eigenvalue weighted by Crippen LogP contribution is -2.57. The van der Waals surface area contributed by atoms with Gasteiger partial charge in [0.15, 0.2) is 0 Å². The summed E-state index contributed by atoms with van der Waals surface area (Å²) < 4.78 is 0. The van der Waals surface area contributed by atoms with E-state index in [0.717, 1.165) is 50.1 Å². The van der Waals surface area contributed by atoms with Crippen LogP contribution in [0.1, 0.15) is 89.4 Å². The van der Waals surface area contributed by atoms with Crippen LogP contribution in [0.4, 0.5) is 0 Å². The molecule has 46 heavy (non-hydrogen) atoms. The van der Waals surface area contributed by atoms with E-state index in [2.05, 4.69) is 107 Å². The number of pyridine rings is 2. The average Bonchev–Trinajstić information content (AvgIpc) is 3.08. The summed E-state index contributed by atoms with van der Waals surface area (Å²) in [7, 11) is 0. The normalized spacial score (nSPS) is 29.2. The fraction of sp³-hybridized carbons (Fsp3) is 0.550. The molecule has 3 aliphatic rings. The van der Waals surface area contributed by atoms with Crippen molar-refractivity contribution >= 4 is 21.8 Å². The number of fused-ring (bicyclic) bond motifs is 4. The van der Waals surface area contributed by atoms with Gasteiger partial charge in [-0.2, -0.15) is 0 Å². The van der Waals surface area contributed by atoms with E-state index in [0.29, 0.717) is 36.3 Å². The van der Waals surface area contributed by atoms with Crippen molar-refractivity contribution in [1.82, 2.24) is 30.4 Å². The quantitative estimate of drug-likeness (QED) is 0.248. The standard InChI is InChI=1S/C40H54N6/c1-29-23-25-45(27-33-21-19-31-11-3-5-13-35(31)43-33)40-18-10-8-16-38(40)42-30(2)24-26-46(39-17-9-7-15-37(39)41-29)28-34-22-20-32-12-4-6-14-36(32)44-34/h3-6,11-14,19-22,29-30,37-42H,7-10,15-18,23-28H2,1-2H3. The molecule has 2 aromatic carbocycles. The zero-order valence-electron chi connectivity index (χ0n) is 28.1. The second kappa shape index (κ2) is 14.9. The number of rotatable bonds is 4. The Morgan fingerprint density at radius 1 is 0.543 bits per heavy atom. The zero-order chi connectivity index (χ0) is 31.3. The van der Waals surface area contributed by atoms with Crippen LogP contribution in [0.3, 0.4) is 0 Å². The van der Waals surface area contributed by atoms with Crippen molar-refractivity contribution in [2.75, 3.05) is 13.1 Å². The van der Waals surface area contributed by atoms with Crippen LogP contribution in [0.25, 0.3) is 21.8 Å². The molecule has 1 saturated heterocycles. The molecule has 6 atom stereocenters. The SMILES string of the molecule is CC1CCN(Cc2ccc3ccccc3n2)C2CCCCC2NC(C)CCN(Cc2ccc3ccccc3n2)C2CCCCC2N1. The number of hydrogen-bond donors (Lipinski definition) is 2. The van der Waals surface area contributed by atoms with Gasteiger partial charge in [-0.1, -0.05) is 74.2 Å². The summed E-state index contributed by atoms with van der Waals surface area (Å²) in [6, 6.07) is 29.2. The number of hydrogen-bond acceptors (Lipinski definition) is 6. The molecule has 1 aliphatic heterocycles. The van der Waals surface area contributed by atoms with Gasteiger partial charge in [0.1, 0.15) is 0 Å². The van der Waals surface area contributed by atoms with Crippen LogP contribution in [0, 0.1) is 0 Å². The second-order valence-corrected chi connectivity index (χ2v) is 14.6. The van der Waals surface area contributed by atoms with Gasteiger partial charge in [0, 0.05) is 73.2 Å². The van der Waals surface area contributed by atoms with E-state index < -0.39 is 0 Å². The van der Waals surface area contributed by atoms with Gasteiger partial charge in [0.2, 0.25) is 0 Å².